The zero-order valence-electron chi connectivity index (χ0n) is 16.4. The summed E-state index contributed by atoms with van der Waals surface area (Å²) in [5.74, 6) is -0.751. The molecular weight excluding hydrogens is 399 g/mol. The number of ether oxygens (including phenoxy) is 1. The second-order valence-corrected chi connectivity index (χ2v) is 6.43. The van der Waals surface area contributed by atoms with E-state index in [4.69, 9.17) is 9.94 Å². The number of amides is 1. The zero-order chi connectivity index (χ0) is 22.1. The fourth-order valence-electron chi connectivity index (χ4n) is 2.61. The molecule has 0 bridgehead atoms. The molecule has 0 aliphatic rings. The number of para-hydroxylation sites is 1. The molecule has 0 unspecified atom stereocenters. The number of hydrogen-bond donors (Lipinski definition) is 2. The first-order chi connectivity index (χ1) is 15.0. The highest BCUT2D eigenvalue weighted by molar-refractivity contribution is 5.99. The molecule has 0 aliphatic carbocycles. The van der Waals surface area contributed by atoms with Gasteiger partial charge in [-0.2, -0.15) is 0 Å². The zero-order valence-corrected chi connectivity index (χ0v) is 16.4. The topological polar surface area (TPSA) is 88.0 Å². The van der Waals surface area contributed by atoms with Crippen LogP contribution in [0.25, 0.3) is 6.08 Å². The Morgan fingerprint density at radius 3 is 2.42 bits per heavy atom. The number of nitrogens with zero attached hydrogens (tertiary/aromatic N) is 1. The van der Waals surface area contributed by atoms with Crippen LogP contribution in [0.1, 0.15) is 21.5 Å². The van der Waals surface area contributed by atoms with Crippen molar-refractivity contribution in [2.24, 2.45) is 4.99 Å². The van der Waals surface area contributed by atoms with E-state index in [9.17, 15) is 14.0 Å². The van der Waals surface area contributed by atoms with Gasteiger partial charge in [0.15, 0.2) is 17.3 Å². The molecule has 156 valence electrons. The quantitative estimate of drug-likeness (QED) is 0.186. The third kappa shape index (κ3) is 6.45. The van der Waals surface area contributed by atoms with Gasteiger partial charge in [0.05, 0.1) is 0 Å². The number of hydrogen-bond acceptors (Lipinski definition) is 5. The largest absolute Gasteiger partial charge is 0.454 e. The number of rotatable bonds is 8. The van der Waals surface area contributed by atoms with Gasteiger partial charge < -0.3 is 4.74 Å². The average Bonchev–Trinajstić information content (AvgIpc) is 2.80. The van der Waals surface area contributed by atoms with E-state index in [0.29, 0.717) is 22.4 Å². The molecular formula is C24H19FN2O4. The highest BCUT2D eigenvalue weighted by Gasteiger charge is 2.07. The third-order valence-corrected chi connectivity index (χ3v) is 4.17. The predicted octanol–water partition coefficient (Wildman–Crippen LogP) is 4.44. The summed E-state index contributed by atoms with van der Waals surface area (Å²) in [4.78, 5) is 27.4. The Balaban J connectivity index is 1.61. The van der Waals surface area contributed by atoms with Gasteiger partial charge in [-0.3, -0.25) is 19.8 Å². The van der Waals surface area contributed by atoms with Gasteiger partial charge in [-0.25, -0.2) is 9.87 Å². The number of ketones is 1. The van der Waals surface area contributed by atoms with Gasteiger partial charge in [-0.15, -0.1) is 0 Å². The molecule has 3 aromatic carbocycles. The second kappa shape index (κ2) is 10.6. The van der Waals surface area contributed by atoms with E-state index in [-0.39, 0.29) is 18.1 Å². The van der Waals surface area contributed by atoms with Crippen LogP contribution < -0.4 is 10.2 Å². The Kier molecular flexibility index (Phi) is 7.40. The normalized spacial score (nSPS) is 11.0. The number of nitrogens with one attached hydrogen (secondary N) is 1. The SMILES string of the molecule is O=C(/C=C/c1ccc(C(=O)CN=Cc2ccc(F)c(Oc3ccccc3)c2)cc1)NO. The molecule has 7 heteroatoms. The minimum absolute atomic E-state index is 0.0694. The smallest absolute Gasteiger partial charge is 0.267 e. The Morgan fingerprint density at radius 2 is 1.71 bits per heavy atom. The third-order valence-electron chi connectivity index (χ3n) is 4.17. The number of hydroxylamine groups is 1. The summed E-state index contributed by atoms with van der Waals surface area (Å²) < 4.78 is 19.6. The maximum absolute atomic E-state index is 14.0. The lowest BCUT2D eigenvalue weighted by Gasteiger charge is -2.07. The van der Waals surface area contributed by atoms with Crippen LogP contribution in [-0.2, 0) is 4.79 Å². The van der Waals surface area contributed by atoms with Crippen LogP contribution >= 0.6 is 0 Å². The first-order valence-corrected chi connectivity index (χ1v) is 9.33. The number of aliphatic imine (C=N–C) groups is 1. The minimum Gasteiger partial charge on any atom is -0.454 e. The van der Waals surface area contributed by atoms with Crippen molar-refractivity contribution < 1.29 is 23.9 Å². The maximum atomic E-state index is 14.0. The summed E-state index contributed by atoms with van der Waals surface area (Å²) in [6.45, 7) is -0.0750. The molecule has 31 heavy (non-hydrogen) atoms. The van der Waals surface area contributed by atoms with Crippen LogP contribution in [-0.4, -0.2) is 29.7 Å². The van der Waals surface area contributed by atoms with E-state index in [1.54, 1.807) is 54.6 Å². The molecule has 3 aromatic rings. The standard InChI is InChI=1S/C24H19FN2O4/c25-21-12-8-18(14-23(21)31-20-4-2-1-3-5-20)15-26-16-22(28)19-10-6-17(7-11-19)9-13-24(29)27-30/h1-15,30H,16H2,(H,27,29)/b13-9+,26-15?. The summed E-state index contributed by atoms with van der Waals surface area (Å²) in [7, 11) is 0. The molecule has 0 radical (unpaired) electrons. The van der Waals surface area contributed by atoms with E-state index in [1.165, 1.54) is 36.0 Å². The first-order valence-electron chi connectivity index (χ1n) is 9.33. The van der Waals surface area contributed by atoms with Crippen molar-refractivity contribution in [1.29, 1.82) is 0 Å². The molecule has 0 spiro atoms. The van der Waals surface area contributed by atoms with Gasteiger partial charge in [-0.05, 0) is 41.5 Å². The highest BCUT2D eigenvalue weighted by atomic mass is 19.1. The Bertz CT molecular complexity index is 1110. The van der Waals surface area contributed by atoms with Crippen LogP contribution in [0.5, 0.6) is 11.5 Å². The van der Waals surface area contributed by atoms with Gasteiger partial charge in [-0.1, -0.05) is 48.5 Å². The monoisotopic (exact) mass is 418 g/mol. The predicted molar refractivity (Wildman–Crippen MR) is 115 cm³/mol. The van der Waals surface area contributed by atoms with Crippen molar-refractivity contribution in [1.82, 2.24) is 5.48 Å². The summed E-state index contributed by atoms with van der Waals surface area (Å²) in [6, 6.07) is 19.8. The Morgan fingerprint density at radius 1 is 1.00 bits per heavy atom. The van der Waals surface area contributed by atoms with Crippen LogP contribution in [0.15, 0.2) is 83.9 Å². The molecule has 3 rings (SSSR count). The number of benzene rings is 3. The van der Waals surface area contributed by atoms with E-state index >= 15 is 0 Å². The van der Waals surface area contributed by atoms with Gasteiger partial charge in [0.2, 0.25) is 0 Å². The molecule has 0 fully saturated rings. The summed E-state index contributed by atoms with van der Waals surface area (Å²) in [5, 5.41) is 8.46. The summed E-state index contributed by atoms with van der Waals surface area (Å²) in [6.07, 6.45) is 4.15. The lowest BCUT2D eigenvalue weighted by molar-refractivity contribution is -0.124. The molecule has 0 saturated carbocycles. The van der Waals surface area contributed by atoms with E-state index in [0.717, 1.165) is 0 Å². The van der Waals surface area contributed by atoms with Crippen molar-refractivity contribution in [3.05, 3.63) is 101 Å². The van der Waals surface area contributed by atoms with Crippen LogP contribution in [0.4, 0.5) is 4.39 Å². The van der Waals surface area contributed by atoms with Gasteiger partial charge in [0, 0.05) is 17.9 Å². The Hall–Kier alpha value is -4.10. The number of Topliss-reactive ketones (excluding diaryl/α,β-unsaturated/α-hetero) is 1. The maximum Gasteiger partial charge on any atom is 0.267 e. The molecule has 0 atom stereocenters. The Labute approximate surface area is 178 Å². The number of carbonyl (C=O) groups excluding carboxylic acids is 2. The molecule has 6 nitrogen and oxygen atoms in total. The minimum atomic E-state index is -0.646. The van der Waals surface area contributed by atoms with Crippen molar-refractivity contribution in [2.75, 3.05) is 6.54 Å². The summed E-state index contributed by atoms with van der Waals surface area (Å²) in [5.41, 5.74) is 3.26. The second-order valence-electron chi connectivity index (χ2n) is 6.43. The van der Waals surface area contributed by atoms with Gasteiger partial charge in [0.1, 0.15) is 12.3 Å². The fraction of sp³-hybridized carbons (Fsp3) is 0.0417. The van der Waals surface area contributed by atoms with E-state index < -0.39 is 11.7 Å². The summed E-state index contributed by atoms with van der Waals surface area (Å²) >= 11 is 0. The average molecular weight is 418 g/mol. The molecule has 0 heterocycles. The van der Waals surface area contributed by atoms with E-state index in [1.807, 2.05) is 6.07 Å². The molecule has 0 aromatic heterocycles. The van der Waals surface area contributed by atoms with Crippen LogP contribution in [0.2, 0.25) is 0 Å². The lowest BCUT2D eigenvalue weighted by Crippen LogP contribution is -2.14. The van der Waals surface area contributed by atoms with Crippen molar-refractivity contribution in [2.45, 2.75) is 0 Å². The number of halogens is 1. The van der Waals surface area contributed by atoms with Crippen molar-refractivity contribution in [3.8, 4) is 11.5 Å². The lowest BCUT2D eigenvalue weighted by atomic mass is 10.1. The highest BCUT2D eigenvalue weighted by Crippen LogP contribution is 2.24. The first kappa shape index (κ1) is 21.6. The van der Waals surface area contributed by atoms with Gasteiger partial charge in [0.25, 0.3) is 5.91 Å². The van der Waals surface area contributed by atoms with Crippen molar-refractivity contribution >= 4 is 24.0 Å². The van der Waals surface area contributed by atoms with Crippen molar-refractivity contribution in [3.63, 3.8) is 0 Å². The molecule has 0 aliphatic heterocycles. The molecule has 0 saturated heterocycles. The van der Waals surface area contributed by atoms with Gasteiger partial charge >= 0.3 is 0 Å². The molecule has 1 amide bonds. The van der Waals surface area contributed by atoms with E-state index in [2.05, 4.69) is 4.99 Å². The molecule has 2 N–H and O–H groups in total. The van der Waals surface area contributed by atoms with Crippen LogP contribution in [0.3, 0.4) is 0 Å². The van der Waals surface area contributed by atoms with Crippen LogP contribution in [0, 0.1) is 5.82 Å². The number of carbonyl (C=O) groups is 2. The fourth-order valence-corrected chi connectivity index (χ4v) is 2.61.